The summed E-state index contributed by atoms with van der Waals surface area (Å²) in [5, 5.41) is 0.641. The molecule has 1 heterocycles. The van der Waals surface area contributed by atoms with Crippen LogP contribution in [0.15, 0.2) is 24.8 Å². The second kappa shape index (κ2) is 5.98. The summed E-state index contributed by atoms with van der Waals surface area (Å²) in [7, 11) is 0. The number of hydrogen-bond donors (Lipinski definition) is 0. The van der Waals surface area contributed by atoms with Crippen molar-refractivity contribution in [1.82, 2.24) is 4.90 Å². The van der Waals surface area contributed by atoms with Crippen LogP contribution in [-0.2, 0) is 17.8 Å². The van der Waals surface area contributed by atoms with E-state index in [-0.39, 0.29) is 6.09 Å². The van der Waals surface area contributed by atoms with E-state index in [0.717, 1.165) is 16.9 Å². The quantitative estimate of drug-likeness (QED) is 0.787. The number of benzene rings is 1. The number of hydrogen-bond acceptors (Lipinski definition) is 3. The largest absolute Gasteiger partial charge is 0.489 e. The lowest BCUT2D eigenvalue weighted by atomic mass is 10.1. The SMILES string of the molecule is C=CCOc1ccc(Cl)c2c1CN(C(=O)OC(C)(C)C)C2. The number of ether oxygens (including phenoxy) is 2. The number of carbonyl (C=O) groups excluding carboxylic acids is 1. The highest BCUT2D eigenvalue weighted by atomic mass is 35.5. The lowest BCUT2D eigenvalue weighted by Gasteiger charge is -2.24. The summed E-state index contributed by atoms with van der Waals surface area (Å²) in [5.74, 6) is 0.736. The van der Waals surface area contributed by atoms with Gasteiger partial charge in [0.1, 0.15) is 18.0 Å². The van der Waals surface area contributed by atoms with Gasteiger partial charge in [-0.05, 0) is 38.5 Å². The van der Waals surface area contributed by atoms with Crippen LogP contribution in [0.4, 0.5) is 4.79 Å². The van der Waals surface area contributed by atoms with Gasteiger partial charge in [-0.15, -0.1) is 0 Å². The Morgan fingerprint density at radius 2 is 2.05 bits per heavy atom. The summed E-state index contributed by atoms with van der Waals surface area (Å²) < 4.78 is 11.0. The molecule has 2 rings (SSSR count). The van der Waals surface area contributed by atoms with Gasteiger partial charge in [0.15, 0.2) is 0 Å². The predicted molar refractivity (Wildman–Crippen MR) is 82.6 cm³/mol. The van der Waals surface area contributed by atoms with Gasteiger partial charge in [-0.1, -0.05) is 24.3 Å². The molecule has 0 atom stereocenters. The second-order valence-electron chi connectivity index (χ2n) is 5.94. The Balaban J connectivity index is 2.19. The fourth-order valence-corrected chi connectivity index (χ4v) is 2.40. The Hall–Kier alpha value is -1.68. The third kappa shape index (κ3) is 3.70. The lowest BCUT2D eigenvalue weighted by molar-refractivity contribution is 0.0241. The van der Waals surface area contributed by atoms with Gasteiger partial charge in [-0.3, -0.25) is 4.90 Å². The number of fused-ring (bicyclic) bond motifs is 1. The molecule has 0 N–H and O–H groups in total. The Bertz CT molecular complexity index is 563. The van der Waals surface area contributed by atoms with Crippen molar-refractivity contribution in [2.75, 3.05) is 6.61 Å². The molecule has 0 spiro atoms. The van der Waals surface area contributed by atoms with Crippen LogP contribution < -0.4 is 4.74 Å². The standard InChI is InChI=1S/C16H20ClNO3/c1-5-8-20-14-7-6-13(17)11-9-18(10-12(11)14)15(19)21-16(2,3)4/h5-7H,1,8-10H2,2-4H3. The van der Waals surface area contributed by atoms with E-state index in [1.54, 1.807) is 17.0 Å². The van der Waals surface area contributed by atoms with Gasteiger partial charge < -0.3 is 9.47 Å². The van der Waals surface area contributed by atoms with E-state index < -0.39 is 5.60 Å². The topological polar surface area (TPSA) is 38.8 Å². The van der Waals surface area contributed by atoms with Crippen molar-refractivity contribution in [3.63, 3.8) is 0 Å². The van der Waals surface area contributed by atoms with Crippen LogP contribution in [-0.4, -0.2) is 23.2 Å². The number of amides is 1. The molecule has 1 aromatic carbocycles. The average molecular weight is 310 g/mol. The fraction of sp³-hybridized carbons (Fsp3) is 0.438. The molecule has 0 radical (unpaired) electrons. The molecule has 0 unspecified atom stereocenters. The van der Waals surface area contributed by atoms with Crippen LogP contribution in [0.25, 0.3) is 0 Å². The average Bonchev–Trinajstić information content (AvgIpc) is 2.82. The van der Waals surface area contributed by atoms with Crippen LogP contribution in [0.5, 0.6) is 5.75 Å². The molecule has 0 bridgehead atoms. The van der Waals surface area contributed by atoms with E-state index in [0.29, 0.717) is 24.7 Å². The van der Waals surface area contributed by atoms with Crippen molar-refractivity contribution in [1.29, 1.82) is 0 Å². The van der Waals surface area contributed by atoms with E-state index in [2.05, 4.69) is 6.58 Å². The van der Waals surface area contributed by atoms with Crippen LogP contribution in [0.2, 0.25) is 5.02 Å². The van der Waals surface area contributed by atoms with Crippen molar-refractivity contribution in [3.8, 4) is 5.75 Å². The van der Waals surface area contributed by atoms with Gasteiger partial charge in [-0.25, -0.2) is 4.79 Å². The first-order valence-electron chi connectivity index (χ1n) is 6.83. The number of carbonyl (C=O) groups is 1. The molecule has 0 saturated carbocycles. The molecular weight excluding hydrogens is 290 g/mol. The molecule has 1 aliphatic rings. The van der Waals surface area contributed by atoms with Gasteiger partial charge in [-0.2, -0.15) is 0 Å². The third-order valence-corrected chi connectivity index (χ3v) is 3.39. The molecular formula is C16H20ClNO3. The first-order valence-corrected chi connectivity index (χ1v) is 7.21. The van der Waals surface area contributed by atoms with Crippen LogP contribution in [0.1, 0.15) is 31.9 Å². The van der Waals surface area contributed by atoms with Crippen LogP contribution in [0.3, 0.4) is 0 Å². The molecule has 114 valence electrons. The first-order chi connectivity index (χ1) is 9.81. The van der Waals surface area contributed by atoms with E-state index in [1.165, 1.54) is 0 Å². The van der Waals surface area contributed by atoms with Gasteiger partial charge >= 0.3 is 6.09 Å². The van der Waals surface area contributed by atoms with Crippen LogP contribution >= 0.6 is 11.6 Å². The maximum Gasteiger partial charge on any atom is 0.410 e. The Labute approximate surface area is 130 Å². The Morgan fingerprint density at radius 3 is 2.67 bits per heavy atom. The monoisotopic (exact) mass is 309 g/mol. The highest BCUT2D eigenvalue weighted by Crippen LogP contribution is 2.36. The van der Waals surface area contributed by atoms with Gasteiger partial charge in [0.2, 0.25) is 0 Å². The molecule has 1 aliphatic heterocycles. The Morgan fingerprint density at radius 1 is 1.38 bits per heavy atom. The van der Waals surface area contributed by atoms with Gasteiger partial charge in [0, 0.05) is 10.6 Å². The summed E-state index contributed by atoms with van der Waals surface area (Å²) >= 11 is 6.22. The summed E-state index contributed by atoms with van der Waals surface area (Å²) in [6.45, 7) is 10.5. The maximum atomic E-state index is 12.2. The normalized spacial score (nSPS) is 13.8. The second-order valence-corrected chi connectivity index (χ2v) is 6.35. The highest BCUT2D eigenvalue weighted by molar-refractivity contribution is 6.31. The van der Waals surface area contributed by atoms with Crippen molar-refractivity contribution >= 4 is 17.7 Å². The summed E-state index contributed by atoms with van der Waals surface area (Å²) in [5.41, 5.74) is 1.34. The van der Waals surface area contributed by atoms with Gasteiger partial charge in [0.25, 0.3) is 0 Å². The highest BCUT2D eigenvalue weighted by Gasteiger charge is 2.31. The summed E-state index contributed by atoms with van der Waals surface area (Å²) in [6.07, 6.45) is 1.34. The van der Waals surface area contributed by atoms with Crippen molar-refractivity contribution in [2.45, 2.75) is 39.5 Å². The molecule has 0 fully saturated rings. The zero-order chi connectivity index (χ0) is 15.6. The minimum absolute atomic E-state index is 0.343. The molecule has 1 aromatic rings. The molecule has 5 heteroatoms. The lowest BCUT2D eigenvalue weighted by Crippen LogP contribution is -2.33. The molecule has 1 amide bonds. The number of halogens is 1. The van der Waals surface area contributed by atoms with Crippen molar-refractivity contribution < 1.29 is 14.3 Å². The minimum Gasteiger partial charge on any atom is -0.489 e. The maximum absolute atomic E-state index is 12.2. The molecule has 0 aliphatic carbocycles. The fourth-order valence-electron chi connectivity index (χ4n) is 2.16. The summed E-state index contributed by atoms with van der Waals surface area (Å²) in [4.78, 5) is 13.8. The third-order valence-electron chi connectivity index (χ3n) is 3.04. The number of nitrogens with zero attached hydrogens (tertiary/aromatic N) is 1. The van der Waals surface area contributed by atoms with E-state index in [4.69, 9.17) is 21.1 Å². The zero-order valence-corrected chi connectivity index (χ0v) is 13.4. The zero-order valence-electron chi connectivity index (χ0n) is 12.6. The van der Waals surface area contributed by atoms with E-state index >= 15 is 0 Å². The Kier molecular flexibility index (Phi) is 4.47. The van der Waals surface area contributed by atoms with E-state index in [1.807, 2.05) is 26.8 Å². The smallest absolute Gasteiger partial charge is 0.410 e. The first kappa shape index (κ1) is 15.7. The molecule has 0 aromatic heterocycles. The molecule has 0 saturated heterocycles. The molecule has 21 heavy (non-hydrogen) atoms. The molecule has 4 nitrogen and oxygen atoms in total. The predicted octanol–water partition coefficient (Wildman–Crippen LogP) is 4.16. The van der Waals surface area contributed by atoms with Gasteiger partial charge in [0.05, 0.1) is 13.1 Å². The number of rotatable bonds is 3. The van der Waals surface area contributed by atoms with Crippen LogP contribution in [0, 0.1) is 0 Å². The minimum atomic E-state index is -0.516. The summed E-state index contributed by atoms with van der Waals surface area (Å²) in [6, 6.07) is 3.61. The van der Waals surface area contributed by atoms with Crippen molar-refractivity contribution in [3.05, 3.63) is 40.9 Å². The van der Waals surface area contributed by atoms with E-state index in [9.17, 15) is 4.79 Å². The van der Waals surface area contributed by atoms with Crippen molar-refractivity contribution in [2.24, 2.45) is 0 Å².